The highest BCUT2D eigenvalue weighted by atomic mass is 35.5. The Morgan fingerprint density at radius 1 is 1.30 bits per heavy atom. The number of halogens is 2. The molecule has 2 aromatic carbocycles. The number of thioether (sulfide) groups is 1. The Hall–Kier alpha value is -2.05. The molecule has 0 unspecified atom stereocenters. The fourth-order valence-electron chi connectivity index (χ4n) is 2.25. The molecular formula is C16H12ClFN2O2S. The molecule has 118 valence electrons. The molecule has 1 aliphatic heterocycles. The highest BCUT2D eigenvalue weighted by molar-refractivity contribution is 8.00. The molecular weight excluding hydrogens is 339 g/mol. The molecule has 2 aromatic rings. The van der Waals surface area contributed by atoms with Crippen molar-refractivity contribution in [1.29, 1.82) is 0 Å². The fraction of sp³-hybridized carbons (Fsp3) is 0.125. The van der Waals surface area contributed by atoms with E-state index in [2.05, 4.69) is 5.32 Å². The van der Waals surface area contributed by atoms with Crippen LogP contribution in [-0.4, -0.2) is 24.1 Å². The molecule has 3 rings (SSSR count). The van der Waals surface area contributed by atoms with E-state index in [0.29, 0.717) is 17.1 Å². The molecule has 0 radical (unpaired) electrons. The van der Waals surface area contributed by atoms with E-state index in [-0.39, 0.29) is 17.5 Å². The van der Waals surface area contributed by atoms with Crippen LogP contribution in [0.5, 0.6) is 0 Å². The van der Waals surface area contributed by atoms with E-state index in [9.17, 15) is 14.0 Å². The number of benzene rings is 2. The molecule has 0 saturated heterocycles. The number of rotatable bonds is 3. The van der Waals surface area contributed by atoms with Gasteiger partial charge in [0.25, 0.3) is 0 Å². The van der Waals surface area contributed by atoms with E-state index >= 15 is 0 Å². The molecule has 0 atom stereocenters. The Morgan fingerprint density at radius 2 is 2.09 bits per heavy atom. The van der Waals surface area contributed by atoms with Crippen LogP contribution in [0.25, 0.3) is 0 Å². The summed E-state index contributed by atoms with van der Waals surface area (Å²) in [5, 5.41) is 2.71. The van der Waals surface area contributed by atoms with Crippen LogP contribution in [0.4, 0.5) is 15.8 Å². The van der Waals surface area contributed by atoms with E-state index in [1.165, 1.54) is 28.8 Å². The molecule has 0 bridgehead atoms. The number of nitrogens with zero attached hydrogens (tertiary/aromatic N) is 1. The van der Waals surface area contributed by atoms with Gasteiger partial charge in [-0.05, 0) is 30.3 Å². The predicted molar refractivity (Wildman–Crippen MR) is 89.6 cm³/mol. The van der Waals surface area contributed by atoms with E-state index in [0.717, 1.165) is 11.0 Å². The highest BCUT2D eigenvalue weighted by Crippen LogP contribution is 2.34. The molecule has 7 heteroatoms. The van der Waals surface area contributed by atoms with Crippen molar-refractivity contribution < 1.29 is 14.0 Å². The van der Waals surface area contributed by atoms with Crippen molar-refractivity contribution >= 4 is 46.6 Å². The van der Waals surface area contributed by atoms with Crippen LogP contribution in [-0.2, 0) is 9.59 Å². The number of carbonyl (C=O) groups is 2. The summed E-state index contributed by atoms with van der Waals surface area (Å²) in [4.78, 5) is 26.7. The molecule has 0 aromatic heterocycles. The summed E-state index contributed by atoms with van der Waals surface area (Å²) in [7, 11) is 0. The maximum Gasteiger partial charge on any atom is 0.244 e. The normalized spacial score (nSPS) is 13.7. The fourth-order valence-corrected chi connectivity index (χ4v) is 3.40. The van der Waals surface area contributed by atoms with Gasteiger partial charge in [0.05, 0.1) is 22.2 Å². The third-order valence-electron chi connectivity index (χ3n) is 3.32. The van der Waals surface area contributed by atoms with Crippen LogP contribution in [0, 0.1) is 5.82 Å². The van der Waals surface area contributed by atoms with E-state index in [4.69, 9.17) is 11.6 Å². The highest BCUT2D eigenvalue weighted by Gasteiger charge is 2.26. The second kappa shape index (κ2) is 6.60. The Morgan fingerprint density at radius 3 is 2.87 bits per heavy atom. The van der Waals surface area contributed by atoms with Gasteiger partial charge in [0.2, 0.25) is 11.8 Å². The first-order valence-corrected chi connectivity index (χ1v) is 8.18. The Labute approximate surface area is 141 Å². The van der Waals surface area contributed by atoms with Crippen molar-refractivity contribution in [2.75, 3.05) is 22.5 Å². The maximum absolute atomic E-state index is 13.0. The number of carbonyl (C=O) groups excluding carboxylic acids is 2. The molecule has 0 spiro atoms. The Kier molecular flexibility index (Phi) is 4.54. The molecule has 0 aliphatic carbocycles. The molecule has 1 N–H and O–H groups in total. The van der Waals surface area contributed by atoms with Gasteiger partial charge >= 0.3 is 0 Å². The van der Waals surface area contributed by atoms with Gasteiger partial charge in [0.15, 0.2) is 0 Å². The SMILES string of the molecule is O=C(CN1C(=O)CSc2ccccc21)Nc1ccc(F)cc1Cl. The lowest BCUT2D eigenvalue weighted by Gasteiger charge is -2.28. The summed E-state index contributed by atoms with van der Waals surface area (Å²) in [6.45, 7) is -0.121. The van der Waals surface area contributed by atoms with Crippen LogP contribution in [0.3, 0.4) is 0 Å². The summed E-state index contributed by atoms with van der Waals surface area (Å²) in [5.41, 5.74) is 1.03. The minimum absolute atomic E-state index is 0.110. The Bertz CT molecular complexity index is 784. The second-order valence-corrected chi connectivity index (χ2v) is 6.33. The molecule has 23 heavy (non-hydrogen) atoms. The summed E-state index contributed by atoms with van der Waals surface area (Å²) < 4.78 is 13.0. The summed E-state index contributed by atoms with van der Waals surface area (Å²) >= 11 is 7.34. The van der Waals surface area contributed by atoms with Crippen molar-refractivity contribution in [2.24, 2.45) is 0 Å². The quantitative estimate of drug-likeness (QED) is 0.920. The van der Waals surface area contributed by atoms with Crippen LogP contribution in [0.2, 0.25) is 5.02 Å². The third kappa shape index (κ3) is 3.48. The number of fused-ring (bicyclic) bond motifs is 1. The number of amides is 2. The first-order chi connectivity index (χ1) is 11.0. The Balaban J connectivity index is 1.76. The lowest BCUT2D eigenvalue weighted by atomic mass is 10.2. The van der Waals surface area contributed by atoms with Crippen LogP contribution >= 0.6 is 23.4 Å². The molecule has 1 aliphatic rings. The summed E-state index contributed by atoms with van der Waals surface area (Å²) in [5.74, 6) is -0.713. The van der Waals surface area contributed by atoms with Gasteiger partial charge in [-0.2, -0.15) is 0 Å². The zero-order valence-corrected chi connectivity index (χ0v) is 13.5. The molecule has 2 amide bonds. The van der Waals surface area contributed by atoms with Gasteiger partial charge in [-0.1, -0.05) is 23.7 Å². The number of anilines is 2. The van der Waals surface area contributed by atoms with Gasteiger partial charge in [-0.15, -0.1) is 11.8 Å². The van der Waals surface area contributed by atoms with Gasteiger partial charge < -0.3 is 10.2 Å². The average Bonchev–Trinajstić information content (AvgIpc) is 2.53. The average molecular weight is 351 g/mol. The summed E-state index contributed by atoms with van der Waals surface area (Å²) in [6, 6.07) is 11.1. The zero-order chi connectivity index (χ0) is 16.4. The summed E-state index contributed by atoms with van der Waals surface area (Å²) in [6.07, 6.45) is 0. The van der Waals surface area contributed by atoms with Gasteiger partial charge in [0.1, 0.15) is 12.4 Å². The third-order valence-corrected chi connectivity index (χ3v) is 4.68. The van der Waals surface area contributed by atoms with Crippen molar-refractivity contribution in [3.63, 3.8) is 0 Å². The first kappa shape index (κ1) is 15.8. The minimum Gasteiger partial charge on any atom is -0.323 e. The number of hydrogen-bond donors (Lipinski definition) is 1. The van der Waals surface area contributed by atoms with Crippen LogP contribution in [0.15, 0.2) is 47.4 Å². The van der Waals surface area contributed by atoms with E-state index in [1.807, 2.05) is 18.2 Å². The lowest BCUT2D eigenvalue weighted by Crippen LogP contribution is -2.41. The minimum atomic E-state index is -0.481. The zero-order valence-electron chi connectivity index (χ0n) is 11.9. The van der Waals surface area contributed by atoms with E-state index in [1.54, 1.807) is 6.07 Å². The van der Waals surface area contributed by atoms with Crippen LogP contribution < -0.4 is 10.2 Å². The maximum atomic E-state index is 13.0. The number of nitrogens with one attached hydrogen (secondary N) is 1. The van der Waals surface area contributed by atoms with E-state index < -0.39 is 11.7 Å². The topological polar surface area (TPSA) is 49.4 Å². The van der Waals surface area contributed by atoms with Crippen molar-refractivity contribution in [1.82, 2.24) is 0 Å². The van der Waals surface area contributed by atoms with Crippen molar-refractivity contribution in [2.45, 2.75) is 4.90 Å². The van der Waals surface area contributed by atoms with Crippen LogP contribution in [0.1, 0.15) is 0 Å². The smallest absolute Gasteiger partial charge is 0.244 e. The lowest BCUT2D eigenvalue weighted by molar-refractivity contribution is -0.120. The molecule has 0 saturated carbocycles. The predicted octanol–water partition coefficient (Wildman–Crippen LogP) is 3.56. The van der Waals surface area contributed by atoms with Crippen molar-refractivity contribution in [3.8, 4) is 0 Å². The van der Waals surface area contributed by atoms with Gasteiger partial charge in [0, 0.05) is 4.90 Å². The number of para-hydroxylation sites is 1. The molecule has 1 heterocycles. The number of hydrogen-bond acceptors (Lipinski definition) is 3. The van der Waals surface area contributed by atoms with Gasteiger partial charge in [-0.25, -0.2) is 4.39 Å². The molecule has 0 fully saturated rings. The standard InChI is InChI=1S/C16H12ClFN2O2S/c17-11-7-10(18)5-6-12(11)19-15(21)8-20-13-3-1-2-4-14(13)23-9-16(20)22/h1-7H,8-9H2,(H,19,21). The molecule has 4 nitrogen and oxygen atoms in total. The van der Waals surface area contributed by atoms with Crippen molar-refractivity contribution in [3.05, 3.63) is 53.3 Å². The second-order valence-electron chi connectivity index (χ2n) is 4.91. The largest absolute Gasteiger partial charge is 0.323 e. The monoisotopic (exact) mass is 350 g/mol. The first-order valence-electron chi connectivity index (χ1n) is 6.81. The van der Waals surface area contributed by atoms with Gasteiger partial charge in [-0.3, -0.25) is 9.59 Å².